The Morgan fingerprint density at radius 2 is 1.60 bits per heavy atom. The third kappa shape index (κ3) is 5.68. The molecule has 1 heterocycles. The van der Waals surface area contributed by atoms with Gasteiger partial charge in [-0.25, -0.2) is 0 Å². The Morgan fingerprint density at radius 1 is 0.833 bits per heavy atom. The van der Waals surface area contributed by atoms with Crippen LogP contribution in [0.25, 0.3) is 6.08 Å². The van der Waals surface area contributed by atoms with Crippen LogP contribution in [-0.4, -0.2) is 17.7 Å². The summed E-state index contributed by atoms with van der Waals surface area (Å²) < 4.78 is 5.32. The molecular weight excluding hydrogens is 382 g/mol. The molecule has 1 aromatic heterocycles. The van der Waals surface area contributed by atoms with Crippen LogP contribution in [0, 0.1) is 13.8 Å². The Kier molecular flexibility index (Phi) is 6.44. The van der Waals surface area contributed by atoms with E-state index in [1.807, 2.05) is 19.1 Å². The van der Waals surface area contributed by atoms with Gasteiger partial charge >= 0.3 is 0 Å². The van der Waals surface area contributed by atoms with E-state index >= 15 is 0 Å². The molecule has 0 atom stereocenters. The van der Waals surface area contributed by atoms with E-state index in [0.717, 1.165) is 11.3 Å². The van der Waals surface area contributed by atoms with Crippen LogP contribution in [0.2, 0.25) is 0 Å². The Bertz CT molecular complexity index is 1100. The molecule has 0 fully saturated rings. The molecule has 0 saturated carbocycles. The lowest BCUT2D eigenvalue weighted by Gasteiger charge is -2.08. The molecule has 3 amide bonds. The van der Waals surface area contributed by atoms with Crippen molar-refractivity contribution in [2.75, 3.05) is 5.32 Å². The molecular formula is C23H21N3O4. The highest BCUT2D eigenvalue weighted by molar-refractivity contribution is 6.04. The quantitative estimate of drug-likeness (QED) is 0.447. The van der Waals surface area contributed by atoms with Gasteiger partial charge in [0.2, 0.25) is 0 Å². The zero-order chi connectivity index (χ0) is 21.5. The van der Waals surface area contributed by atoms with E-state index in [0.29, 0.717) is 22.6 Å². The van der Waals surface area contributed by atoms with Crippen LogP contribution >= 0.6 is 0 Å². The van der Waals surface area contributed by atoms with Crippen LogP contribution in [0.1, 0.15) is 37.8 Å². The van der Waals surface area contributed by atoms with Crippen LogP contribution in [0.5, 0.6) is 0 Å². The van der Waals surface area contributed by atoms with Crippen LogP contribution in [0.15, 0.2) is 71.2 Å². The minimum absolute atomic E-state index is 0.235. The molecule has 2 aromatic carbocycles. The summed E-state index contributed by atoms with van der Waals surface area (Å²) in [7, 11) is 0. The number of hydrogen-bond donors (Lipinski definition) is 3. The molecule has 30 heavy (non-hydrogen) atoms. The van der Waals surface area contributed by atoms with Gasteiger partial charge in [0.25, 0.3) is 17.7 Å². The normalized spacial score (nSPS) is 10.6. The fourth-order valence-electron chi connectivity index (χ4n) is 2.63. The maximum Gasteiger partial charge on any atom is 0.269 e. The van der Waals surface area contributed by atoms with Gasteiger partial charge in [-0.3, -0.25) is 25.2 Å². The number of nitrogens with one attached hydrogen (secondary N) is 3. The number of aryl methyl sites for hydroxylation is 2. The lowest BCUT2D eigenvalue weighted by molar-refractivity contribution is -0.117. The molecule has 0 aliphatic carbocycles. The summed E-state index contributed by atoms with van der Waals surface area (Å²) in [6.07, 6.45) is 2.75. The Hall–Kier alpha value is -4.13. The Morgan fingerprint density at radius 3 is 2.27 bits per heavy atom. The fraction of sp³-hybridized carbons (Fsp3) is 0.0870. The summed E-state index contributed by atoms with van der Waals surface area (Å²) in [6.45, 7) is 3.72. The molecule has 152 valence electrons. The van der Waals surface area contributed by atoms with E-state index < -0.39 is 11.8 Å². The summed E-state index contributed by atoms with van der Waals surface area (Å²) in [4.78, 5) is 36.2. The molecule has 0 aliphatic heterocycles. The lowest BCUT2D eigenvalue weighted by atomic mass is 10.1. The number of benzene rings is 2. The third-order valence-corrected chi connectivity index (χ3v) is 4.14. The molecule has 0 bridgehead atoms. The maximum atomic E-state index is 12.3. The molecule has 7 heteroatoms. The van der Waals surface area contributed by atoms with E-state index in [-0.39, 0.29) is 5.91 Å². The van der Waals surface area contributed by atoms with Gasteiger partial charge in [0.05, 0.1) is 0 Å². The molecule has 3 N–H and O–H groups in total. The number of carbonyl (C=O) groups is 3. The minimum Gasteiger partial charge on any atom is -0.462 e. The highest BCUT2D eigenvalue weighted by atomic mass is 16.3. The first-order chi connectivity index (χ1) is 14.4. The van der Waals surface area contributed by atoms with E-state index in [2.05, 4.69) is 16.2 Å². The number of carbonyl (C=O) groups excluding carboxylic acids is 3. The summed E-state index contributed by atoms with van der Waals surface area (Å²) >= 11 is 0. The highest BCUT2D eigenvalue weighted by Gasteiger charge is 2.09. The van der Waals surface area contributed by atoms with Crippen molar-refractivity contribution in [3.63, 3.8) is 0 Å². The predicted octanol–water partition coefficient (Wildman–Crippen LogP) is 3.62. The number of anilines is 1. The second-order valence-electron chi connectivity index (χ2n) is 6.63. The van der Waals surface area contributed by atoms with Crippen molar-refractivity contribution in [2.24, 2.45) is 0 Å². The van der Waals surface area contributed by atoms with Crippen molar-refractivity contribution in [3.8, 4) is 0 Å². The number of hydrazine groups is 1. The number of furan rings is 1. The van der Waals surface area contributed by atoms with E-state index in [1.165, 1.54) is 12.2 Å². The summed E-state index contributed by atoms with van der Waals surface area (Å²) in [6, 6.07) is 17.1. The van der Waals surface area contributed by atoms with Crippen LogP contribution in [-0.2, 0) is 4.79 Å². The molecule has 0 saturated heterocycles. The second kappa shape index (κ2) is 9.38. The van der Waals surface area contributed by atoms with Gasteiger partial charge in [0.15, 0.2) is 0 Å². The van der Waals surface area contributed by atoms with Gasteiger partial charge in [0.1, 0.15) is 11.5 Å². The van der Waals surface area contributed by atoms with Crippen molar-refractivity contribution in [3.05, 3.63) is 95.0 Å². The summed E-state index contributed by atoms with van der Waals surface area (Å²) in [5.41, 5.74) is 7.05. The van der Waals surface area contributed by atoms with Crippen molar-refractivity contribution in [1.29, 1.82) is 0 Å². The van der Waals surface area contributed by atoms with Crippen LogP contribution in [0.4, 0.5) is 5.69 Å². The minimum atomic E-state index is -0.501. The van der Waals surface area contributed by atoms with E-state index in [9.17, 15) is 14.4 Å². The van der Waals surface area contributed by atoms with Crippen molar-refractivity contribution in [1.82, 2.24) is 10.9 Å². The van der Waals surface area contributed by atoms with Crippen molar-refractivity contribution >= 4 is 29.5 Å². The maximum absolute atomic E-state index is 12.3. The number of hydrogen-bond acceptors (Lipinski definition) is 4. The molecule has 0 aliphatic rings. The standard InChI is InChI=1S/C23H21N3O4/c1-15-4-3-5-18(14-15)22(28)24-19-9-7-17(8-10-19)23(29)26-25-21(27)13-12-20-11-6-16(2)30-20/h3-14H,1-2H3,(H,24,28)(H,25,27)(H,26,29). The first-order valence-corrected chi connectivity index (χ1v) is 9.23. The van der Waals surface area contributed by atoms with Gasteiger partial charge in [-0.2, -0.15) is 0 Å². The van der Waals surface area contributed by atoms with Crippen molar-refractivity contribution < 1.29 is 18.8 Å². The lowest BCUT2D eigenvalue weighted by Crippen LogP contribution is -2.40. The third-order valence-electron chi connectivity index (χ3n) is 4.14. The summed E-state index contributed by atoms with van der Waals surface area (Å²) in [5.74, 6) is 0.0578. The van der Waals surface area contributed by atoms with Gasteiger partial charge < -0.3 is 9.73 Å². The largest absolute Gasteiger partial charge is 0.462 e. The average molecular weight is 403 g/mol. The van der Waals surface area contributed by atoms with E-state index in [1.54, 1.807) is 55.5 Å². The highest BCUT2D eigenvalue weighted by Crippen LogP contribution is 2.12. The smallest absolute Gasteiger partial charge is 0.269 e. The van der Waals surface area contributed by atoms with Gasteiger partial charge in [-0.05, 0) is 68.5 Å². The van der Waals surface area contributed by atoms with Crippen LogP contribution < -0.4 is 16.2 Å². The van der Waals surface area contributed by atoms with E-state index in [4.69, 9.17) is 4.42 Å². The molecule has 7 nitrogen and oxygen atoms in total. The molecule has 3 rings (SSSR count). The molecule has 0 radical (unpaired) electrons. The first kappa shape index (κ1) is 20.6. The molecule has 0 spiro atoms. The Labute approximate surface area is 173 Å². The zero-order valence-electron chi connectivity index (χ0n) is 16.6. The second-order valence-corrected chi connectivity index (χ2v) is 6.63. The zero-order valence-corrected chi connectivity index (χ0v) is 16.6. The average Bonchev–Trinajstić information content (AvgIpc) is 3.16. The van der Waals surface area contributed by atoms with Gasteiger partial charge in [0, 0.05) is 22.9 Å². The topological polar surface area (TPSA) is 100 Å². The SMILES string of the molecule is Cc1cccc(C(=O)Nc2ccc(C(=O)NNC(=O)C=Cc3ccc(C)o3)cc2)c1. The van der Waals surface area contributed by atoms with Gasteiger partial charge in [-0.1, -0.05) is 17.7 Å². The van der Waals surface area contributed by atoms with Crippen LogP contribution in [0.3, 0.4) is 0 Å². The summed E-state index contributed by atoms with van der Waals surface area (Å²) in [5, 5.41) is 2.78. The number of rotatable bonds is 5. The van der Waals surface area contributed by atoms with Gasteiger partial charge in [-0.15, -0.1) is 0 Å². The first-order valence-electron chi connectivity index (χ1n) is 9.23. The molecule has 0 unspecified atom stereocenters. The molecule has 3 aromatic rings. The number of amides is 3. The van der Waals surface area contributed by atoms with Crippen molar-refractivity contribution in [2.45, 2.75) is 13.8 Å². The fourth-order valence-corrected chi connectivity index (χ4v) is 2.63. The monoisotopic (exact) mass is 403 g/mol. The Balaban J connectivity index is 1.51. The predicted molar refractivity (Wildman–Crippen MR) is 114 cm³/mol.